The summed E-state index contributed by atoms with van der Waals surface area (Å²) < 4.78 is 279. The molecule has 650 valence electrons. The summed E-state index contributed by atoms with van der Waals surface area (Å²) >= 11 is 0. The first-order valence-electron chi connectivity index (χ1n) is 35.1. The molecule has 0 heterocycles. The molecule has 0 saturated heterocycles. The first-order valence-corrected chi connectivity index (χ1v) is 52.4. The maximum Gasteiger partial charge on any atom is 0.511 e. The van der Waals surface area contributed by atoms with Gasteiger partial charge in [-0.3, -0.25) is 0 Å². The van der Waals surface area contributed by atoms with E-state index < -0.39 is 112 Å². The van der Waals surface area contributed by atoms with Crippen molar-refractivity contribution in [1.82, 2.24) is 46.4 Å². The van der Waals surface area contributed by atoms with Crippen LogP contribution in [0, 0.1) is 52.1 Å². The fourth-order valence-electron chi connectivity index (χ4n) is 4.67. The standard InChI is InChI=1S/C7H17NO2S.3C6H15NO2S.C5H10F3NO2S.C5H14N2OS.4C5H13NO2S.3C2H6/c1-5-7(6(2)3)8-11(4,9)10;1-6(2)5-7(3)10(4,8)9;1-6(2)4-5-7-10(3,8)9;1-5(2)6(3)7-10(4,8)9;1-4(2)3-9-12(10,11)5(6,7)8;1-5(2)4-7-9(3,6)8;1-5(2)6(3)9(4,7)8;2*1-5(2)4-6-9(3,7)8;1-4-9(7,8)6-5(2)3;3*1-2/h6-8H,5H2,1-4H3;6H,5H2,1-4H3;6-7H,4-5H2,1-3H3;5-7H,1-4H3;4,9H,3H2,1-2H3;5H,4H2,1-3H3,(H2,6,7,8);5H,1-4H3;3*5-6H,4H2,1-3H3;3*1-2H3/i;;;;;;;4D2;;;;;. The van der Waals surface area contributed by atoms with Gasteiger partial charge in [0.1, 0.15) is 9.92 Å². The second-order valence-corrected chi connectivity index (χ2v) is 45.3. The molecule has 0 aromatic carbocycles. The van der Waals surface area contributed by atoms with E-state index in [9.17, 15) is 93.1 Å². The summed E-state index contributed by atoms with van der Waals surface area (Å²) in [7, 11) is -28.8. The summed E-state index contributed by atoms with van der Waals surface area (Å²) in [6.07, 6.45) is 11.2. The monoisotopic (exact) mass is 1730 g/mol. The molecule has 43 heteroatoms. The first-order chi connectivity index (χ1) is 46.4. The maximum absolute atomic E-state index is 11.6. The van der Waals surface area contributed by atoms with E-state index in [-0.39, 0.29) is 48.3 Å². The predicted octanol–water partition coefficient (Wildman–Crippen LogP) is 8.65. The summed E-state index contributed by atoms with van der Waals surface area (Å²) in [5.74, 6) is 2.10. The zero-order valence-corrected chi connectivity index (χ0v) is 79.1. The third-order valence-corrected chi connectivity index (χ3v) is 20.0. The van der Waals surface area contributed by atoms with Crippen molar-refractivity contribution in [3.8, 4) is 0 Å². The molecular formula is C61H156F3N11O19S10. The van der Waals surface area contributed by atoms with E-state index in [1.54, 1.807) is 62.6 Å². The Balaban J connectivity index is -0.0000000818. The van der Waals surface area contributed by atoms with E-state index in [4.69, 9.17) is 7.52 Å². The number of halogens is 3. The molecule has 0 bridgehead atoms. The highest BCUT2D eigenvalue weighted by Crippen LogP contribution is 2.21. The summed E-state index contributed by atoms with van der Waals surface area (Å²) in [5.41, 5.74) is -5.21. The molecule has 0 aliphatic carbocycles. The fourth-order valence-corrected chi connectivity index (χ4v) is 11.8. The lowest BCUT2D eigenvalue weighted by atomic mass is 10.0. The highest BCUT2D eigenvalue weighted by Gasteiger charge is 2.45. The van der Waals surface area contributed by atoms with Crippen LogP contribution in [0.4, 0.5) is 13.2 Å². The van der Waals surface area contributed by atoms with Gasteiger partial charge in [-0.15, -0.1) is 0 Å². The highest BCUT2D eigenvalue weighted by atomic mass is 32.2. The van der Waals surface area contributed by atoms with Gasteiger partial charge in [-0.2, -0.15) is 13.2 Å². The minimum atomic E-state index is -5.21. The average Bonchev–Trinajstić information content (AvgIpc) is 0.849. The Hall–Kier alpha value is -1.11. The van der Waals surface area contributed by atoms with Gasteiger partial charge in [0.15, 0.2) is 0 Å². The lowest BCUT2D eigenvalue weighted by Crippen LogP contribution is -2.38. The van der Waals surface area contributed by atoms with E-state index >= 15 is 0 Å². The molecule has 3 unspecified atom stereocenters. The van der Waals surface area contributed by atoms with Gasteiger partial charge in [0, 0.05) is 86.5 Å². The summed E-state index contributed by atoms with van der Waals surface area (Å²) in [6.45, 7) is 55.4. The largest absolute Gasteiger partial charge is 0.511 e. The molecule has 3 atom stereocenters. The smallest absolute Gasteiger partial charge is 0.241 e. The molecule has 104 heavy (non-hydrogen) atoms. The Kier molecular flexibility index (Phi) is 82.2. The summed E-state index contributed by atoms with van der Waals surface area (Å²) in [5, 5.41) is 0. The van der Waals surface area contributed by atoms with Crippen LogP contribution >= 0.6 is 0 Å². The second kappa shape index (κ2) is 67.6. The molecule has 0 aliphatic rings. The van der Waals surface area contributed by atoms with Gasteiger partial charge < -0.3 is 0 Å². The van der Waals surface area contributed by atoms with Crippen molar-refractivity contribution in [2.45, 2.75) is 243 Å². The van der Waals surface area contributed by atoms with Gasteiger partial charge in [0.25, 0.3) is 0 Å². The number of nitrogens with one attached hydrogen (secondary N) is 9. The second-order valence-electron chi connectivity index (χ2n) is 26.4. The van der Waals surface area contributed by atoms with E-state index in [1.807, 2.05) is 143 Å². The molecule has 0 saturated carbocycles. The Bertz CT molecular complexity index is 3270. The highest BCUT2D eigenvalue weighted by molar-refractivity contribution is 7.91. The van der Waals surface area contributed by atoms with Gasteiger partial charge in [0.2, 0.25) is 80.2 Å². The third-order valence-electron chi connectivity index (χ3n) is 10.4. The SMILES string of the molecule is CC.CC.CC.CC(C)C(C)NS(C)(=O)=O.CC(C)CCNS(C)(=O)=O.CC(C)CN(C)S(C)(=O)=O.CC(C)CNS(=O)(=O)C(F)(F)F.CC(C)CNS(C)(=N)=O.CC(C)CNS(C)(=O)=O.CC(C)N(C)S(C)(=O)=O.CCC(NS(C)(=O)=O)C(C)C.CCS(=O)(=O)NC(C)C.[2H]C([2H])(NS(C)(=O)=O)C(C)C. The van der Waals surface area contributed by atoms with Crippen LogP contribution in [-0.4, -0.2) is 227 Å². The van der Waals surface area contributed by atoms with E-state index in [0.717, 1.165) is 25.4 Å². The lowest BCUT2D eigenvalue weighted by Gasteiger charge is -2.18. The van der Waals surface area contributed by atoms with Crippen molar-refractivity contribution >= 4 is 100 Å². The predicted molar refractivity (Wildman–Crippen MR) is 436 cm³/mol. The molecule has 0 aromatic rings. The Morgan fingerprint density at radius 3 is 0.875 bits per heavy atom. The third kappa shape index (κ3) is 133. The van der Waals surface area contributed by atoms with Crippen LogP contribution < -0.4 is 37.8 Å². The Morgan fingerprint density at radius 1 is 0.413 bits per heavy atom. The van der Waals surface area contributed by atoms with Crippen LogP contribution in [0.15, 0.2) is 0 Å². The van der Waals surface area contributed by atoms with E-state index in [0.29, 0.717) is 61.7 Å². The van der Waals surface area contributed by atoms with Crippen LogP contribution in [0.2, 0.25) is 0 Å². The topological polar surface area (TPSA) is 451 Å². The molecule has 0 rings (SSSR count). The number of rotatable bonds is 31. The quantitative estimate of drug-likeness (QED) is 0.0313. The van der Waals surface area contributed by atoms with Crippen molar-refractivity contribution in [2.24, 2.45) is 47.3 Å². The molecule has 9 N–H and O–H groups in total. The molecule has 0 aromatic heterocycles. The van der Waals surface area contributed by atoms with Crippen LogP contribution in [0.25, 0.3) is 0 Å². The van der Waals surface area contributed by atoms with Gasteiger partial charge >= 0.3 is 15.5 Å². The zero-order valence-electron chi connectivity index (χ0n) is 73.0. The average molecular weight is 1730 g/mol. The number of nitrogens with zero attached hydrogens (tertiary/aromatic N) is 2. The minimum absolute atomic E-state index is 0.00921. The van der Waals surface area contributed by atoms with Gasteiger partial charge in [-0.05, 0) is 102 Å². The molecule has 0 spiro atoms. The fraction of sp³-hybridized carbons (Fsp3) is 1.00. The summed E-state index contributed by atoms with van der Waals surface area (Å²) in [4.78, 5) is 0. The number of hydrogen-bond donors (Lipinski definition) is 9. The molecule has 0 radical (unpaired) electrons. The molecular weight excluding hydrogens is 1570 g/mol. The number of sulfonamides is 9. The van der Waals surface area contributed by atoms with Gasteiger partial charge in [0.05, 0.1) is 49.5 Å². The van der Waals surface area contributed by atoms with Crippen LogP contribution in [0.3, 0.4) is 0 Å². The Labute approximate surface area is 642 Å². The van der Waals surface area contributed by atoms with Crippen molar-refractivity contribution in [1.29, 1.82) is 4.78 Å². The van der Waals surface area contributed by atoms with Crippen molar-refractivity contribution in [2.75, 3.05) is 109 Å². The lowest BCUT2D eigenvalue weighted by molar-refractivity contribution is -0.0448. The van der Waals surface area contributed by atoms with Crippen LogP contribution in [0.5, 0.6) is 0 Å². The molecule has 30 nitrogen and oxygen atoms in total. The normalized spacial score (nSPS) is 13.7. The van der Waals surface area contributed by atoms with E-state index in [1.165, 1.54) is 50.9 Å². The molecule has 0 fully saturated rings. The molecule has 0 amide bonds. The Morgan fingerprint density at radius 2 is 0.750 bits per heavy atom. The zero-order chi connectivity index (χ0) is 89.4. The maximum atomic E-state index is 11.6. The van der Waals surface area contributed by atoms with Gasteiger partial charge in [-0.25, -0.2) is 131 Å². The first kappa shape index (κ1) is 127. The molecule has 0 aliphatic heterocycles. The van der Waals surface area contributed by atoms with Crippen LogP contribution in [0.1, 0.15) is 216 Å². The van der Waals surface area contributed by atoms with Gasteiger partial charge in [-0.1, -0.05) is 159 Å². The summed E-state index contributed by atoms with van der Waals surface area (Å²) in [6, 6.07) is 0.162. The van der Waals surface area contributed by atoms with Crippen LogP contribution in [-0.2, 0) is 100 Å². The van der Waals surface area contributed by atoms with Crippen molar-refractivity contribution < 1.29 is 95.9 Å². The number of hydrogen-bond acceptors (Lipinski definition) is 20. The van der Waals surface area contributed by atoms with Crippen molar-refractivity contribution in [3.05, 3.63) is 0 Å². The van der Waals surface area contributed by atoms with E-state index in [2.05, 4.69) is 42.2 Å². The number of alkyl halides is 3. The van der Waals surface area contributed by atoms with Crippen molar-refractivity contribution in [3.63, 3.8) is 0 Å². The minimum Gasteiger partial charge on any atom is -0.241 e.